The van der Waals surface area contributed by atoms with Gasteiger partial charge in [0.25, 0.3) is 0 Å². The molecule has 2 aromatic heterocycles. The Hall–Kier alpha value is -3.80. The van der Waals surface area contributed by atoms with E-state index in [9.17, 15) is 14.4 Å². The average molecular weight is 468 g/mol. The van der Waals surface area contributed by atoms with Crippen LogP contribution >= 0.6 is 0 Å². The lowest BCUT2D eigenvalue weighted by Gasteiger charge is -2.55. The molecule has 12 heteroatoms. The second-order valence-electron chi connectivity index (χ2n) is 9.13. The largest absolute Gasteiger partial charge is 0.372 e. The fourth-order valence-corrected chi connectivity index (χ4v) is 5.72. The van der Waals surface area contributed by atoms with Gasteiger partial charge in [0.1, 0.15) is 5.69 Å². The molecule has 0 saturated carbocycles. The van der Waals surface area contributed by atoms with Gasteiger partial charge in [-0.15, -0.1) is 0 Å². The van der Waals surface area contributed by atoms with E-state index in [-0.39, 0.29) is 30.3 Å². The number of amides is 4. The van der Waals surface area contributed by atoms with Crippen molar-refractivity contribution in [3.8, 4) is 11.4 Å². The number of imide groups is 2. The monoisotopic (exact) mass is 468 g/mol. The van der Waals surface area contributed by atoms with Crippen LogP contribution in [0.2, 0.25) is 0 Å². The van der Waals surface area contributed by atoms with Crippen LogP contribution in [-0.4, -0.2) is 57.3 Å². The molecular formula is C22H21FN6O5. The molecule has 0 radical (unpaired) electrons. The molecule has 1 spiro atoms. The molecule has 3 aliphatic heterocycles. The van der Waals surface area contributed by atoms with E-state index in [1.54, 1.807) is 42.0 Å². The molecule has 2 N–H and O–H groups in total. The van der Waals surface area contributed by atoms with Gasteiger partial charge < -0.3 is 18.7 Å². The van der Waals surface area contributed by atoms with E-state index in [0.717, 1.165) is 0 Å². The summed E-state index contributed by atoms with van der Waals surface area (Å²) in [6.07, 6.45) is 2.16. The molecule has 6 rings (SSSR count). The van der Waals surface area contributed by atoms with Crippen LogP contribution in [0.15, 0.2) is 23.1 Å². The fourth-order valence-electron chi connectivity index (χ4n) is 5.72. The van der Waals surface area contributed by atoms with Crippen molar-refractivity contribution in [2.75, 3.05) is 11.4 Å². The number of benzene rings is 1. The Morgan fingerprint density at radius 3 is 2.62 bits per heavy atom. The quantitative estimate of drug-likeness (QED) is 0.511. The molecule has 11 nitrogen and oxygen atoms in total. The Morgan fingerprint density at radius 1 is 1.21 bits per heavy atom. The lowest BCUT2D eigenvalue weighted by molar-refractivity contribution is -0.153. The van der Waals surface area contributed by atoms with Gasteiger partial charge in [-0.1, -0.05) is 5.16 Å². The normalized spacial score (nSPS) is 25.8. The van der Waals surface area contributed by atoms with Gasteiger partial charge in [0.15, 0.2) is 11.2 Å². The SMILES string of the molecule is C[C@@H]1CN2c3c(cc4c(-c5cncn5C)noc4c3F)CC3(C(=O)NC(=O)NC3=O)[C@H]2[C@H](C)O1. The first-order valence-corrected chi connectivity index (χ1v) is 10.9. The van der Waals surface area contributed by atoms with E-state index < -0.39 is 41.2 Å². The molecule has 3 aliphatic rings. The zero-order chi connectivity index (χ0) is 23.9. The number of ether oxygens (including phenoxy) is 1. The molecule has 176 valence electrons. The molecule has 0 bridgehead atoms. The number of aromatic nitrogens is 3. The minimum absolute atomic E-state index is 0.0239. The third-order valence-electron chi connectivity index (χ3n) is 7.02. The van der Waals surface area contributed by atoms with Crippen LogP contribution in [0, 0.1) is 11.2 Å². The van der Waals surface area contributed by atoms with Crippen molar-refractivity contribution in [3.05, 3.63) is 30.0 Å². The van der Waals surface area contributed by atoms with Crippen LogP contribution in [0.3, 0.4) is 0 Å². The van der Waals surface area contributed by atoms with Gasteiger partial charge in [-0.05, 0) is 25.5 Å². The van der Waals surface area contributed by atoms with Crippen molar-refractivity contribution in [2.45, 2.75) is 38.5 Å². The first-order chi connectivity index (χ1) is 16.2. The summed E-state index contributed by atoms with van der Waals surface area (Å²) in [5.74, 6) is -2.09. The highest BCUT2D eigenvalue weighted by atomic mass is 19.1. The summed E-state index contributed by atoms with van der Waals surface area (Å²) in [6, 6.07) is -0.0163. The number of nitrogens with zero attached hydrogens (tertiary/aromatic N) is 4. The Kier molecular flexibility index (Phi) is 4.19. The predicted molar refractivity (Wildman–Crippen MR) is 115 cm³/mol. The summed E-state index contributed by atoms with van der Waals surface area (Å²) in [6.45, 7) is 3.81. The number of fused-ring (bicyclic) bond motifs is 5. The van der Waals surface area contributed by atoms with Crippen molar-refractivity contribution >= 4 is 34.5 Å². The number of anilines is 1. The molecule has 34 heavy (non-hydrogen) atoms. The zero-order valence-electron chi connectivity index (χ0n) is 18.6. The van der Waals surface area contributed by atoms with Crippen LogP contribution in [0.5, 0.6) is 0 Å². The number of imidazole rings is 1. The average Bonchev–Trinajstić information content (AvgIpc) is 3.37. The maximum absolute atomic E-state index is 16.0. The van der Waals surface area contributed by atoms with Crippen molar-refractivity contribution in [2.24, 2.45) is 12.5 Å². The van der Waals surface area contributed by atoms with Crippen LogP contribution in [-0.2, 0) is 27.8 Å². The maximum atomic E-state index is 16.0. The Bertz CT molecular complexity index is 1380. The minimum Gasteiger partial charge on any atom is -0.372 e. The summed E-state index contributed by atoms with van der Waals surface area (Å²) in [5.41, 5.74) is -0.0174. The zero-order valence-corrected chi connectivity index (χ0v) is 18.6. The lowest BCUT2D eigenvalue weighted by Crippen LogP contribution is -2.75. The van der Waals surface area contributed by atoms with Crippen LogP contribution in [0.4, 0.5) is 14.9 Å². The number of hydrogen-bond donors (Lipinski definition) is 2. The highest BCUT2D eigenvalue weighted by Gasteiger charge is 2.63. The summed E-state index contributed by atoms with van der Waals surface area (Å²) in [5, 5.41) is 8.94. The van der Waals surface area contributed by atoms with Crippen LogP contribution < -0.4 is 15.5 Å². The third kappa shape index (κ3) is 2.56. The number of morpholine rings is 1. The van der Waals surface area contributed by atoms with Gasteiger partial charge in [-0.2, -0.15) is 0 Å². The molecule has 2 fully saturated rings. The predicted octanol–water partition coefficient (Wildman–Crippen LogP) is 1.26. The fraction of sp³-hybridized carbons (Fsp3) is 0.409. The number of halogens is 1. The van der Waals surface area contributed by atoms with Gasteiger partial charge in [-0.3, -0.25) is 20.2 Å². The lowest BCUT2D eigenvalue weighted by atomic mass is 9.66. The van der Waals surface area contributed by atoms with E-state index in [4.69, 9.17) is 9.26 Å². The number of carbonyl (C=O) groups excluding carboxylic acids is 3. The minimum atomic E-state index is -1.69. The number of carbonyl (C=O) groups is 3. The summed E-state index contributed by atoms with van der Waals surface area (Å²) >= 11 is 0. The molecular weight excluding hydrogens is 447 g/mol. The van der Waals surface area contributed by atoms with Gasteiger partial charge in [0.05, 0.1) is 47.5 Å². The second-order valence-corrected chi connectivity index (χ2v) is 9.13. The van der Waals surface area contributed by atoms with Crippen molar-refractivity contribution in [3.63, 3.8) is 0 Å². The van der Waals surface area contributed by atoms with E-state index in [1.165, 1.54) is 0 Å². The second kappa shape index (κ2) is 6.86. The molecule has 2 saturated heterocycles. The van der Waals surface area contributed by atoms with E-state index in [0.29, 0.717) is 22.3 Å². The molecule has 5 heterocycles. The smallest absolute Gasteiger partial charge is 0.328 e. The van der Waals surface area contributed by atoms with E-state index >= 15 is 4.39 Å². The first kappa shape index (κ1) is 20.8. The third-order valence-corrected chi connectivity index (χ3v) is 7.02. The van der Waals surface area contributed by atoms with Gasteiger partial charge in [0.2, 0.25) is 17.4 Å². The van der Waals surface area contributed by atoms with E-state index in [1.807, 2.05) is 6.92 Å². The Balaban J connectivity index is 1.61. The highest BCUT2D eigenvalue weighted by Crippen LogP contribution is 2.49. The van der Waals surface area contributed by atoms with Gasteiger partial charge >= 0.3 is 6.03 Å². The van der Waals surface area contributed by atoms with Crippen molar-refractivity contribution < 1.29 is 28.0 Å². The molecule has 3 aromatic rings. The Morgan fingerprint density at radius 2 is 1.94 bits per heavy atom. The number of urea groups is 1. The first-order valence-electron chi connectivity index (χ1n) is 10.9. The Labute approximate surface area is 192 Å². The molecule has 3 atom stereocenters. The van der Waals surface area contributed by atoms with Crippen molar-refractivity contribution in [1.29, 1.82) is 0 Å². The summed E-state index contributed by atoms with van der Waals surface area (Å²) in [4.78, 5) is 44.2. The highest BCUT2D eigenvalue weighted by molar-refractivity contribution is 6.20. The molecule has 0 unspecified atom stereocenters. The molecule has 4 amide bonds. The number of aryl methyl sites for hydroxylation is 1. The van der Waals surface area contributed by atoms with E-state index in [2.05, 4.69) is 20.8 Å². The summed E-state index contributed by atoms with van der Waals surface area (Å²) < 4.78 is 29.2. The number of rotatable bonds is 1. The van der Waals surface area contributed by atoms with Crippen LogP contribution in [0.1, 0.15) is 19.4 Å². The topological polar surface area (TPSA) is 132 Å². The molecule has 1 aromatic carbocycles. The number of nitrogens with one attached hydrogen (secondary N) is 2. The van der Waals surface area contributed by atoms with Crippen molar-refractivity contribution in [1.82, 2.24) is 25.3 Å². The standard InChI is InChI=1S/C22H21FN6O5/c1-9-7-29-16-11(4-12-15(13-6-24-8-28(13)3)27-34-17(12)14(16)23)5-22(18(29)10(2)33-9)19(30)25-21(32)26-20(22)31/h4,6,8-10,18H,5,7H2,1-3H3,(H2,25,26,30,31,32)/t9-,10+,18-/m1/s1. The maximum Gasteiger partial charge on any atom is 0.328 e. The number of hydrogen-bond acceptors (Lipinski definition) is 8. The van der Waals surface area contributed by atoms with Gasteiger partial charge in [-0.25, -0.2) is 14.2 Å². The number of barbiturate groups is 1. The van der Waals surface area contributed by atoms with Gasteiger partial charge in [0, 0.05) is 20.0 Å². The molecule has 0 aliphatic carbocycles. The summed E-state index contributed by atoms with van der Waals surface area (Å²) in [7, 11) is 1.78. The van der Waals surface area contributed by atoms with Crippen LogP contribution in [0.25, 0.3) is 22.4 Å².